The zero-order chi connectivity index (χ0) is 54.2. The second-order valence-electron chi connectivity index (χ2n) is 21.7. The van der Waals surface area contributed by atoms with Gasteiger partial charge in [-0.1, -0.05) is 249 Å². The number of para-hydroxylation sites is 4. The van der Waals surface area contributed by atoms with Crippen molar-refractivity contribution in [3.63, 3.8) is 0 Å². The number of ether oxygens (including phenoxy) is 2. The van der Waals surface area contributed by atoms with E-state index in [4.69, 9.17) is 19.7 Å². The fourth-order valence-corrected chi connectivity index (χ4v) is 17.4. The SMILES string of the molecule is O=P(c1ccccc1)(c1ccccc1)c1cccc2c1Oc1ccccc1C21c2ccccc2-c2c(-c3cccc4c(-c5ccc(-c6cccc7c6Oc6ccccc6C76c7ccccc7-c7ccccc76)nn5)cccc34)cccc21. The molecule has 2 aliphatic carbocycles. The van der Waals surface area contributed by atoms with Gasteiger partial charge in [-0.15, -0.1) is 10.2 Å². The predicted octanol–water partition coefficient (Wildman–Crippen LogP) is 17.2. The zero-order valence-corrected chi connectivity index (χ0v) is 45.1. The molecule has 1 unspecified atom stereocenters. The lowest BCUT2D eigenvalue weighted by atomic mass is 9.65. The van der Waals surface area contributed by atoms with E-state index in [1.54, 1.807) is 0 Å². The summed E-state index contributed by atoms with van der Waals surface area (Å²) in [5, 5.41) is 14.4. The number of hydrogen-bond donors (Lipinski definition) is 0. The summed E-state index contributed by atoms with van der Waals surface area (Å²) in [7, 11) is -3.49. The van der Waals surface area contributed by atoms with Gasteiger partial charge in [-0.25, -0.2) is 0 Å². The van der Waals surface area contributed by atoms with Crippen molar-refractivity contribution >= 4 is 33.8 Å². The standard InChI is InChI=1S/C76H47N2O3P/c79-82(48-22-3-1-4-23-48,49-24-5-2-6-25-49)71-45-21-42-66-74(71)81-70-44-16-14-39-63(70)76(66)61-37-12-9-28-57(61)72-56(33-19-40-64(72)76)52-31-17-30-51-50(52)29-18-32-55(51)67-46-47-68(78-77-67)58-34-20-41-65-73(58)80-69-43-15-13-38-62(69)75(65)59-35-10-7-26-53(59)54-27-8-11-36-60(54)75/h1-47H. The molecule has 3 heterocycles. The minimum Gasteiger partial charge on any atom is -0.456 e. The lowest BCUT2D eigenvalue weighted by molar-refractivity contribution is 0.438. The Balaban J connectivity index is 0.808. The number of fused-ring (bicyclic) bond motifs is 19. The van der Waals surface area contributed by atoms with Crippen LogP contribution >= 0.6 is 7.14 Å². The molecule has 6 heteroatoms. The molecule has 12 aromatic carbocycles. The van der Waals surface area contributed by atoms with E-state index >= 15 is 4.57 Å². The van der Waals surface area contributed by atoms with Gasteiger partial charge in [0.05, 0.1) is 27.5 Å². The third kappa shape index (κ3) is 6.20. The molecule has 1 aromatic heterocycles. The third-order valence-corrected chi connectivity index (χ3v) is 20.9. The Morgan fingerprint density at radius 2 is 0.671 bits per heavy atom. The Hall–Kier alpha value is -10.2. The second kappa shape index (κ2) is 17.7. The number of benzene rings is 12. The van der Waals surface area contributed by atoms with Crippen molar-refractivity contribution in [1.29, 1.82) is 0 Å². The first-order valence-electron chi connectivity index (χ1n) is 27.9. The molecule has 17 rings (SSSR count). The Kier molecular flexibility index (Phi) is 10.1. The molecule has 0 amide bonds. The van der Waals surface area contributed by atoms with Crippen LogP contribution in [0.3, 0.4) is 0 Å². The van der Waals surface area contributed by atoms with Gasteiger partial charge in [-0.2, -0.15) is 0 Å². The number of nitrogens with zero attached hydrogens (tertiary/aromatic N) is 2. The van der Waals surface area contributed by atoms with Crippen LogP contribution in [0.2, 0.25) is 0 Å². The highest BCUT2D eigenvalue weighted by molar-refractivity contribution is 7.85. The molecule has 5 nitrogen and oxygen atoms in total. The molecule has 384 valence electrons. The van der Waals surface area contributed by atoms with Gasteiger partial charge in [0.25, 0.3) is 0 Å². The smallest absolute Gasteiger partial charge is 0.174 e. The molecule has 0 bridgehead atoms. The molecule has 13 aromatic rings. The summed E-state index contributed by atoms with van der Waals surface area (Å²) in [5.41, 5.74) is 18.0. The van der Waals surface area contributed by atoms with Gasteiger partial charge in [0.1, 0.15) is 23.0 Å². The van der Waals surface area contributed by atoms with Crippen LogP contribution < -0.4 is 25.4 Å². The fourth-order valence-electron chi connectivity index (χ4n) is 14.6. The van der Waals surface area contributed by atoms with Gasteiger partial charge in [0, 0.05) is 44.0 Å². The highest BCUT2D eigenvalue weighted by Crippen LogP contribution is 2.66. The van der Waals surface area contributed by atoms with Crippen molar-refractivity contribution < 1.29 is 14.0 Å². The average Bonchev–Trinajstić information content (AvgIpc) is 3.21. The van der Waals surface area contributed by atoms with Gasteiger partial charge >= 0.3 is 0 Å². The molecule has 2 spiro atoms. The van der Waals surface area contributed by atoms with Crippen LogP contribution in [0, 0.1) is 0 Å². The van der Waals surface area contributed by atoms with E-state index in [2.05, 4.69) is 212 Å². The van der Waals surface area contributed by atoms with E-state index in [0.29, 0.717) is 11.1 Å². The summed E-state index contributed by atoms with van der Waals surface area (Å²) >= 11 is 0. The van der Waals surface area contributed by atoms with Crippen LogP contribution in [-0.2, 0) is 15.4 Å². The molecule has 0 saturated carbocycles. The molecule has 1 atom stereocenters. The van der Waals surface area contributed by atoms with E-state index in [9.17, 15) is 0 Å². The zero-order valence-electron chi connectivity index (χ0n) is 44.2. The van der Waals surface area contributed by atoms with Crippen LogP contribution in [0.5, 0.6) is 23.0 Å². The topological polar surface area (TPSA) is 61.3 Å². The van der Waals surface area contributed by atoms with E-state index in [1.807, 2.05) is 72.8 Å². The largest absolute Gasteiger partial charge is 0.456 e. The van der Waals surface area contributed by atoms with Crippen molar-refractivity contribution in [2.75, 3.05) is 0 Å². The maximum absolute atomic E-state index is 16.4. The molecular weight excluding hydrogens is 1020 g/mol. The van der Waals surface area contributed by atoms with Gasteiger partial charge in [-0.3, -0.25) is 0 Å². The summed E-state index contributed by atoms with van der Waals surface area (Å²) < 4.78 is 30.5. The minimum absolute atomic E-state index is 0.580. The monoisotopic (exact) mass is 1070 g/mol. The molecule has 0 N–H and O–H groups in total. The Labute approximate surface area is 474 Å². The Morgan fingerprint density at radius 1 is 0.280 bits per heavy atom. The maximum Gasteiger partial charge on any atom is 0.174 e. The van der Waals surface area contributed by atoms with Crippen LogP contribution in [0.25, 0.3) is 66.7 Å². The van der Waals surface area contributed by atoms with Crippen LogP contribution in [0.15, 0.2) is 285 Å². The summed E-state index contributed by atoms with van der Waals surface area (Å²) in [6.45, 7) is 0. The minimum atomic E-state index is -3.49. The van der Waals surface area contributed by atoms with Crippen LogP contribution in [0.4, 0.5) is 0 Å². The summed E-state index contributed by atoms with van der Waals surface area (Å²) in [6.07, 6.45) is 0. The van der Waals surface area contributed by atoms with Gasteiger partial charge in [0.15, 0.2) is 7.14 Å². The highest BCUT2D eigenvalue weighted by Gasteiger charge is 2.54. The quantitative estimate of drug-likeness (QED) is 0.155. The van der Waals surface area contributed by atoms with Crippen molar-refractivity contribution in [2.24, 2.45) is 0 Å². The van der Waals surface area contributed by atoms with Crippen molar-refractivity contribution in [2.45, 2.75) is 10.8 Å². The first kappa shape index (κ1) is 46.7. The Bertz CT molecular complexity index is 4770. The third-order valence-electron chi connectivity index (χ3n) is 17.9. The van der Waals surface area contributed by atoms with E-state index in [-0.39, 0.29) is 0 Å². The normalized spacial score (nSPS) is 15.2. The first-order chi connectivity index (χ1) is 40.6. The van der Waals surface area contributed by atoms with Crippen LogP contribution in [0.1, 0.15) is 44.5 Å². The Morgan fingerprint density at radius 3 is 1.28 bits per heavy atom. The highest BCUT2D eigenvalue weighted by atomic mass is 31.2. The van der Waals surface area contributed by atoms with E-state index < -0.39 is 18.0 Å². The maximum atomic E-state index is 16.4. The van der Waals surface area contributed by atoms with E-state index in [0.717, 1.165) is 117 Å². The summed E-state index contributed by atoms with van der Waals surface area (Å²) in [5.74, 6) is 2.99. The van der Waals surface area contributed by atoms with Crippen molar-refractivity contribution in [3.05, 3.63) is 330 Å². The average molecular weight is 1070 g/mol. The van der Waals surface area contributed by atoms with Gasteiger partial charge in [-0.05, 0) is 103 Å². The molecule has 4 aliphatic rings. The van der Waals surface area contributed by atoms with E-state index in [1.165, 1.54) is 22.3 Å². The lowest BCUT2D eigenvalue weighted by Crippen LogP contribution is -2.35. The van der Waals surface area contributed by atoms with Gasteiger partial charge in [0.2, 0.25) is 0 Å². The first-order valence-corrected chi connectivity index (χ1v) is 29.6. The molecule has 2 aliphatic heterocycles. The van der Waals surface area contributed by atoms with Gasteiger partial charge < -0.3 is 14.0 Å². The summed E-state index contributed by atoms with van der Waals surface area (Å²) in [4.78, 5) is 0. The van der Waals surface area contributed by atoms with Crippen molar-refractivity contribution in [3.8, 4) is 78.9 Å². The predicted molar refractivity (Wildman–Crippen MR) is 330 cm³/mol. The van der Waals surface area contributed by atoms with Crippen LogP contribution in [-0.4, -0.2) is 10.2 Å². The molecule has 0 radical (unpaired) electrons. The molecule has 82 heavy (non-hydrogen) atoms. The fraction of sp³-hybridized carbons (Fsp3) is 0.0263. The lowest BCUT2D eigenvalue weighted by Gasteiger charge is -2.40. The van der Waals surface area contributed by atoms with Crippen molar-refractivity contribution in [1.82, 2.24) is 10.2 Å². The second-order valence-corrected chi connectivity index (χ2v) is 24.4. The number of aromatic nitrogens is 2. The molecule has 0 saturated heterocycles. The molecular formula is C76H47N2O3P. The number of hydrogen-bond acceptors (Lipinski definition) is 5. The number of rotatable bonds is 6. The molecule has 0 fully saturated rings. The summed E-state index contributed by atoms with van der Waals surface area (Å²) in [6, 6.07) is 99.8.